The van der Waals surface area contributed by atoms with E-state index in [-0.39, 0.29) is 0 Å². The molecule has 0 radical (unpaired) electrons. The van der Waals surface area contributed by atoms with E-state index in [9.17, 15) is 0 Å². The zero-order valence-corrected chi connectivity index (χ0v) is 15.4. The van der Waals surface area contributed by atoms with Gasteiger partial charge in [-0.25, -0.2) is 4.57 Å². The third-order valence-electron chi connectivity index (χ3n) is 4.98. The molecule has 0 unspecified atom stereocenters. The monoisotopic (exact) mass is 358 g/mol. The molecule has 3 aromatic heterocycles. The van der Waals surface area contributed by atoms with E-state index in [1.807, 2.05) is 32.3 Å². The van der Waals surface area contributed by atoms with Crippen molar-refractivity contribution in [3.05, 3.63) is 72.1 Å². The van der Waals surface area contributed by atoms with Gasteiger partial charge in [0.05, 0.1) is 15.6 Å². The molecule has 0 saturated carbocycles. The Balaban J connectivity index is 1.87. The van der Waals surface area contributed by atoms with E-state index in [4.69, 9.17) is 4.11 Å². The fraction of sp³-hybridized carbons (Fsp3) is 0.130. The molecular weight excluding hydrogens is 336 g/mol. The highest BCUT2D eigenvalue weighted by molar-refractivity contribution is 7.26. The molecule has 0 saturated heterocycles. The van der Waals surface area contributed by atoms with Crippen molar-refractivity contribution >= 4 is 42.4 Å². The largest absolute Gasteiger partial charge is 0.255 e. The number of nitrogens with zero attached hydrogens (tertiary/aromatic N) is 2. The summed E-state index contributed by atoms with van der Waals surface area (Å²) >= 11 is 1.76. The molecule has 2 aromatic carbocycles. The van der Waals surface area contributed by atoms with E-state index >= 15 is 0 Å². The van der Waals surface area contributed by atoms with Crippen LogP contribution in [0.4, 0.5) is 0 Å². The minimum Gasteiger partial charge on any atom is -0.255 e. The second kappa shape index (κ2) is 5.61. The van der Waals surface area contributed by atoms with Crippen LogP contribution in [0.25, 0.3) is 42.3 Å². The first kappa shape index (κ1) is 12.6. The summed E-state index contributed by atoms with van der Waals surface area (Å²) < 4.78 is 27.6. The first-order valence-electron chi connectivity index (χ1n) is 10.0. The van der Waals surface area contributed by atoms with Gasteiger partial charge in [-0.2, -0.15) is 0 Å². The number of aryl methyl sites for hydroxylation is 3. The van der Waals surface area contributed by atoms with Crippen molar-refractivity contribution in [1.82, 2.24) is 4.98 Å². The molecule has 2 nitrogen and oxygen atoms in total. The summed E-state index contributed by atoms with van der Waals surface area (Å²) in [5, 5.41) is 3.50. The molecule has 5 rings (SSSR count). The predicted molar refractivity (Wildman–Crippen MR) is 111 cm³/mol. The Bertz CT molecular complexity index is 1420. The third kappa shape index (κ3) is 2.17. The van der Waals surface area contributed by atoms with Crippen LogP contribution in [0.1, 0.15) is 15.2 Å². The Morgan fingerprint density at radius 1 is 1.12 bits per heavy atom. The number of pyridine rings is 2. The van der Waals surface area contributed by atoms with Crippen molar-refractivity contribution in [2.75, 3.05) is 0 Å². The summed E-state index contributed by atoms with van der Waals surface area (Å²) in [4.78, 5) is 4.63. The predicted octanol–water partition coefficient (Wildman–Crippen LogP) is 5.71. The van der Waals surface area contributed by atoms with E-state index in [2.05, 4.69) is 40.0 Å². The first-order valence-corrected chi connectivity index (χ1v) is 9.36. The molecule has 0 N–H and O–H groups in total. The summed E-state index contributed by atoms with van der Waals surface area (Å²) in [5.74, 6) is 0. The van der Waals surface area contributed by atoms with Crippen molar-refractivity contribution < 1.29 is 8.68 Å². The van der Waals surface area contributed by atoms with Gasteiger partial charge in [0, 0.05) is 37.4 Å². The summed E-state index contributed by atoms with van der Waals surface area (Å²) in [6, 6.07) is 15.9. The van der Waals surface area contributed by atoms with E-state index in [1.165, 1.54) is 20.2 Å². The van der Waals surface area contributed by atoms with Gasteiger partial charge in [0.15, 0.2) is 6.20 Å². The standard InChI is InChI=1S/C23H19N2S/c1-14-6-8-17(15(2)13-14)22-20-18-9-7-16-5-4-11-24-21(16)23(18)26-19(20)10-12-25(22)3/h4-13H,1-3H3/q+1/i1D3. The lowest BCUT2D eigenvalue weighted by Crippen LogP contribution is -2.30. The normalized spacial score (nSPS) is 13.8. The average Bonchev–Trinajstić information content (AvgIpc) is 3.07. The van der Waals surface area contributed by atoms with Crippen molar-refractivity contribution in [3.8, 4) is 11.3 Å². The quantitative estimate of drug-likeness (QED) is 0.351. The summed E-state index contributed by atoms with van der Waals surface area (Å²) in [6.07, 6.45) is 3.91. The fourth-order valence-corrected chi connectivity index (χ4v) is 4.96. The van der Waals surface area contributed by atoms with E-state index < -0.39 is 6.85 Å². The Kier molecular flexibility index (Phi) is 2.71. The van der Waals surface area contributed by atoms with Crippen LogP contribution in [-0.4, -0.2) is 4.98 Å². The maximum absolute atomic E-state index is 7.70. The Labute approximate surface area is 160 Å². The van der Waals surface area contributed by atoms with Crippen molar-refractivity contribution in [3.63, 3.8) is 0 Å². The molecular formula is C23H19N2S+. The molecule has 0 aliphatic carbocycles. The van der Waals surface area contributed by atoms with Crippen molar-refractivity contribution in [2.24, 2.45) is 7.05 Å². The van der Waals surface area contributed by atoms with Crippen LogP contribution in [0.5, 0.6) is 0 Å². The summed E-state index contributed by atoms with van der Waals surface area (Å²) in [5.41, 5.74) is 4.50. The van der Waals surface area contributed by atoms with Gasteiger partial charge >= 0.3 is 0 Å². The van der Waals surface area contributed by atoms with Crippen LogP contribution in [0.2, 0.25) is 0 Å². The Morgan fingerprint density at radius 3 is 2.88 bits per heavy atom. The molecule has 0 spiro atoms. The Hall–Kier alpha value is -2.78. The third-order valence-corrected chi connectivity index (χ3v) is 6.15. The van der Waals surface area contributed by atoms with E-state index in [1.54, 1.807) is 23.5 Å². The number of rotatable bonds is 1. The van der Waals surface area contributed by atoms with Gasteiger partial charge in [-0.1, -0.05) is 35.9 Å². The van der Waals surface area contributed by atoms with E-state index in [0.717, 1.165) is 27.7 Å². The molecule has 3 heterocycles. The summed E-state index contributed by atoms with van der Waals surface area (Å²) in [7, 11) is 2.04. The van der Waals surface area contributed by atoms with Gasteiger partial charge in [-0.15, -0.1) is 11.3 Å². The van der Waals surface area contributed by atoms with Crippen LogP contribution in [0.3, 0.4) is 0 Å². The highest BCUT2D eigenvalue weighted by Crippen LogP contribution is 2.41. The summed E-state index contributed by atoms with van der Waals surface area (Å²) in [6.45, 7) is -0.119. The molecule has 3 heteroatoms. The lowest BCUT2D eigenvalue weighted by atomic mass is 9.98. The van der Waals surface area contributed by atoms with Crippen molar-refractivity contribution in [1.29, 1.82) is 0 Å². The Morgan fingerprint density at radius 2 is 2.04 bits per heavy atom. The zero-order valence-electron chi connectivity index (χ0n) is 17.6. The van der Waals surface area contributed by atoms with Gasteiger partial charge in [-0.05, 0) is 31.5 Å². The fourth-order valence-electron chi connectivity index (χ4n) is 3.76. The number of benzene rings is 2. The van der Waals surface area contributed by atoms with E-state index in [0.29, 0.717) is 5.56 Å². The van der Waals surface area contributed by atoms with Gasteiger partial charge < -0.3 is 0 Å². The molecule has 26 heavy (non-hydrogen) atoms. The van der Waals surface area contributed by atoms with Crippen molar-refractivity contribution in [2.45, 2.75) is 13.8 Å². The van der Waals surface area contributed by atoms with Gasteiger partial charge in [0.2, 0.25) is 5.69 Å². The highest BCUT2D eigenvalue weighted by atomic mass is 32.1. The SMILES string of the molecule is [2H]C([2H])([2H])c1ccc(-c2c3c(cc[n+]2C)sc2c3ccc3cccnc32)c(C)c1. The van der Waals surface area contributed by atoms with Gasteiger partial charge in [-0.3, -0.25) is 4.98 Å². The number of hydrogen-bond donors (Lipinski definition) is 0. The molecule has 0 aliphatic rings. The lowest BCUT2D eigenvalue weighted by molar-refractivity contribution is -0.659. The number of hydrogen-bond acceptors (Lipinski definition) is 2. The van der Waals surface area contributed by atoms with Gasteiger partial charge in [0.25, 0.3) is 0 Å². The average molecular weight is 359 g/mol. The molecule has 0 amide bonds. The lowest BCUT2D eigenvalue weighted by Gasteiger charge is -2.07. The van der Waals surface area contributed by atoms with Crippen LogP contribution in [0.15, 0.2) is 60.9 Å². The minimum atomic E-state index is -2.10. The zero-order chi connectivity index (χ0) is 20.3. The second-order valence-corrected chi connectivity index (χ2v) is 7.72. The molecule has 0 atom stereocenters. The second-order valence-electron chi connectivity index (χ2n) is 6.66. The van der Waals surface area contributed by atoms with Crippen LogP contribution in [0, 0.1) is 13.8 Å². The molecule has 0 aliphatic heterocycles. The molecule has 0 fully saturated rings. The number of fused-ring (bicyclic) bond motifs is 5. The number of aromatic nitrogens is 2. The topological polar surface area (TPSA) is 16.8 Å². The first-order chi connectivity index (χ1) is 13.8. The molecule has 0 bridgehead atoms. The highest BCUT2D eigenvalue weighted by Gasteiger charge is 2.21. The maximum Gasteiger partial charge on any atom is 0.221 e. The molecule has 5 aromatic rings. The van der Waals surface area contributed by atoms with Crippen LogP contribution < -0.4 is 4.57 Å². The van der Waals surface area contributed by atoms with Crippen LogP contribution >= 0.6 is 11.3 Å². The van der Waals surface area contributed by atoms with Crippen LogP contribution in [-0.2, 0) is 7.05 Å². The van der Waals surface area contributed by atoms with Gasteiger partial charge in [0.1, 0.15) is 7.05 Å². The smallest absolute Gasteiger partial charge is 0.221 e. The molecule has 126 valence electrons. The minimum absolute atomic E-state index is 0.374. The number of thiophene rings is 1. The maximum atomic E-state index is 7.70.